The summed E-state index contributed by atoms with van der Waals surface area (Å²) < 4.78 is 2.09. The molecule has 1 aliphatic carbocycles. The molecule has 1 amide bonds. The first kappa shape index (κ1) is 19.8. The van der Waals surface area contributed by atoms with Gasteiger partial charge in [0, 0.05) is 26.1 Å². The summed E-state index contributed by atoms with van der Waals surface area (Å²) >= 11 is 7.18. The van der Waals surface area contributed by atoms with Gasteiger partial charge in [-0.2, -0.15) is 0 Å². The van der Waals surface area contributed by atoms with Crippen LogP contribution in [0, 0.1) is 12.8 Å². The molecule has 2 aliphatic rings. The fourth-order valence-electron chi connectivity index (χ4n) is 4.81. The third-order valence-electron chi connectivity index (χ3n) is 6.23. The van der Waals surface area contributed by atoms with Crippen LogP contribution in [0.25, 0.3) is 0 Å². The van der Waals surface area contributed by atoms with Gasteiger partial charge in [-0.05, 0) is 72.9 Å². The van der Waals surface area contributed by atoms with Crippen molar-refractivity contribution >= 4 is 43.5 Å². The molecule has 0 saturated carbocycles. The summed E-state index contributed by atoms with van der Waals surface area (Å²) in [5.74, 6) is 0.687. The molecule has 2 nitrogen and oxygen atoms in total. The molecule has 0 saturated heterocycles. The number of benzene rings is 3. The van der Waals surface area contributed by atoms with E-state index in [1.165, 1.54) is 11.1 Å². The molecular weight excluding hydrogens is 502 g/mol. The van der Waals surface area contributed by atoms with Crippen molar-refractivity contribution in [3.05, 3.63) is 110 Å². The van der Waals surface area contributed by atoms with Gasteiger partial charge in [-0.3, -0.25) is 4.79 Å². The first-order valence-corrected chi connectivity index (χ1v) is 11.7. The Bertz CT molecular complexity index is 1130. The molecule has 1 heterocycles. The van der Waals surface area contributed by atoms with E-state index in [2.05, 4.69) is 80.4 Å². The highest BCUT2D eigenvalue weighted by molar-refractivity contribution is 9.10. The minimum absolute atomic E-state index is 0.0134. The highest BCUT2D eigenvalue weighted by atomic mass is 79.9. The van der Waals surface area contributed by atoms with E-state index in [1.54, 1.807) is 0 Å². The summed E-state index contributed by atoms with van der Waals surface area (Å²) in [7, 11) is 0. The van der Waals surface area contributed by atoms with Gasteiger partial charge in [-0.25, -0.2) is 0 Å². The van der Waals surface area contributed by atoms with E-state index in [0.29, 0.717) is 11.8 Å². The summed E-state index contributed by atoms with van der Waals surface area (Å²) in [6, 6.07) is 22.6. The van der Waals surface area contributed by atoms with E-state index in [1.807, 2.05) is 42.2 Å². The van der Waals surface area contributed by atoms with Crippen LogP contribution < -0.4 is 4.90 Å². The van der Waals surface area contributed by atoms with E-state index in [9.17, 15) is 4.79 Å². The molecule has 3 aromatic carbocycles. The second-order valence-corrected chi connectivity index (χ2v) is 9.93. The SMILES string of the molecule is Cc1ccc(C(=O)N2c3ccc(Br)cc3[C@H]3C=CC[C@@H]3[C@@H]2c2ccc(Br)cc2)cc1. The van der Waals surface area contributed by atoms with Crippen LogP contribution in [0.15, 0.2) is 87.8 Å². The number of nitrogens with zero attached hydrogens (tertiary/aromatic N) is 1. The molecule has 4 heteroatoms. The fourth-order valence-corrected chi connectivity index (χ4v) is 5.45. The predicted molar refractivity (Wildman–Crippen MR) is 129 cm³/mol. The molecule has 0 unspecified atom stereocenters. The highest BCUT2D eigenvalue weighted by Gasteiger charge is 2.44. The largest absolute Gasteiger partial charge is 0.300 e. The Hall–Kier alpha value is -2.17. The van der Waals surface area contributed by atoms with Crippen LogP contribution in [0.4, 0.5) is 5.69 Å². The Morgan fingerprint density at radius 3 is 2.37 bits per heavy atom. The number of amides is 1. The van der Waals surface area contributed by atoms with Crippen LogP contribution in [0.2, 0.25) is 0 Å². The standard InChI is InChI=1S/C26H21Br2NO/c1-16-5-7-18(8-6-16)26(30)29-24-14-13-20(28)15-23(24)21-3-2-4-22(21)25(29)17-9-11-19(27)12-10-17/h2-3,5-15,21-22,25H,4H2,1H3/t21-,22-,25-/m0/s1. The summed E-state index contributed by atoms with van der Waals surface area (Å²) in [6.07, 6.45) is 5.55. The number of anilines is 1. The van der Waals surface area contributed by atoms with Gasteiger partial charge in [0.25, 0.3) is 5.91 Å². The zero-order valence-electron chi connectivity index (χ0n) is 16.6. The molecule has 0 aromatic heterocycles. The van der Waals surface area contributed by atoms with E-state index in [-0.39, 0.29) is 11.9 Å². The lowest BCUT2D eigenvalue weighted by atomic mass is 9.75. The van der Waals surface area contributed by atoms with Gasteiger partial charge in [0.05, 0.1) is 6.04 Å². The summed E-state index contributed by atoms with van der Waals surface area (Å²) in [5.41, 5.74) is 5.27. The maximum atomic E-state index is 13.9. The van der Waals surface area contributed by atoms with E-state index < -0.39 is 0 Å². The Balaban J connectivity index is 1.70. The number of rotatable bonds is 2. The monoisotopic (exact) mass is 521 g/mol. The molecule has 1 aliphatic heterocycles. The van der Waals surface area contributed by atoms with Gasteiger partial charge in [0.2, 0.25) is 0 Å². The number of aryl methyl sites for hydroxylation is 1. The number of fused-ring (bicyclic) bond motifs is 3. The molecule has 0 radical (unpaired) electrons. The molecule has 3 aromatic rings. The Kier molecular flexibility index (Phi) is 5.16. The van der Waals surface area contributed by atoms with Gasteiger partial charge >= 0.3 is 0 Å². The van der Waals surface area contributed by atoms with Crippen LogP contribution in [0.3, 0.4) is 0 Å². The number of halogens is 2. The third-order valence-corrected chi connectivity index (χ3v) is 7.26. The molecule has 0 spiro atoms. The van der Waals surface area contributed by atoms with Crippen LogP contribution in [-0.2, 0) is 0 Å². The Morgan fingerprint density at radius 1 is 0.933 bits per heavy atom. The Morgan fingerprint density at radius 2 is 1.63 bits per heavy atom. The molecule has 150 valence electrons. The second kappa shape index (κ2) is 7.82. The van der Waals surface area contributed by atoms with Crippen molar-refractivity contribution < 1.29 is 4.79 Å². The second-order valence-electron chi connectivity index (χ2n) is 8.09. The molecule has 30 heavy (non-hydrogen) atoms. The number of hydrogen-bond acceptors (Lipinski definition) is 1. The molecule has 0 fully saturated rings. The molecule has 0 bridgehead atoms. The molecular formula is C26H21Br2NO. The van der Waals surface area contributed by atoms with Crippen LogP contribution in [0.5, 0.6) is 0 Å². The van der Waals surface area contributed by atoms with Crippen LogP contribution in [-0.4, -0.2) is 5.91 Å². The molecule has 5 rings (SSSR count). The van der Waals surface area contributed by atoms with E-state index in [0.717, 1.165) is 32.2 Å². The maximum Gasteiger partial charge on any atom is 0.258 e. The van der Waals surface area contributed by atoms with Gasteiger partial charge in [-0.1, -0.05) is 73.8 Å². The number of allylic oxidation sites excluding steroid dienone is 2. The lowest BCUT2D eigenvalue weighted by Crippen LogP contribution is -2.43. The minimum Gasteiger partial charge on any atom is -0.300 e. The highest BCUT2D eigenvalue weighted by Crippen LogP contribution is 2.54. The number of hydrogen-bond donors (Lipinski definition) is 0. The maximum absolute atomic E-state index is 13.9. The zero-order valence-corrected chi connectivity index (χ0v) is 19.7. The van der Waals surface area contributed by atoms with Crippen LogP contribution >= 0.6 is 31.9 Å². The van der Waals surface area contributed by atoms with Gasteiger partial charge < -0.3 is 4.90 Å². The van der Waals surface area contributed by atoms with Crippen molar-refractivity contribution in [2.75, 3.05) is 4.90 Å². The smallest absolute Gasteiger partial charge is 0.258 e. The van der Waals surface area contributed by atoms with Crippen molar-refractivity contribution in [1.29, 1.82) is 0 Å². The third kappa shape index (κ3) is 3.36. The Labute approximate surface area is 193 Å². The number of carbonyl (C=O) groups is 1. The molecule has 3 atom stereocenters. The quantitative estimate of drug-likeness (QED) is 0.317. The van der Waals surface area contributed by atoms with E-state index in [4.69, 9.17) is 0 Å². The summed E-state index contributed by atoms with van der Waals surface area (Å²) in [4.78, 5) is 15.9. The van der Waals surface area contributed by atoms with Crippen LogP contribution in [0.1, 0.15) is 45.4 Å². The lowest BCUT2D eigenvalue weighted by Gasteiger charge is -2.44. The predicted octanol–water partition coefficient (Wildman–Crippen LogP) is 7.58. The first-order valence-electron chi connectivity index (χ1n) is 10.1. The average Bonchev–Trinajstić information content (AvgIpc) is 3.23. The fraction of sp³-hybridized carbons (Fsp3) is 0.192. The van der Waals surface area contributed by atoms with Gasteiger partial charge in [-0.15, -0.1) is 0 Å². The summed E-state index contributed by atoms with van der Waals surface area (Å²) in [5, 5.41) is 0. The first-order chi connectivity index (χ1) is 14.5. The molecule has 0 N–H and O–H groups in total. The van der Waals surface area contributed by atoms with Crippen molar-refractivity contribution in [3.63, 3.8) is 0 Å². The lowest BCUT2D eigenvalue weighted by molar-refractivity contribution is 0.0961. The topological polar surface area (TPSA) is 20.3 Å². The van der Waals surface area contributed by atoms with E-state index >= 15 is 0 Å². The van der Waals surface area contributed by atoms with Crippen molar-refractivity contribution in [2.24, 2.45) is 5.92 Å². The van der Waals surface area contributed by atoms with Crippen molar-refractivity contribution in [3.8, 4) is 0 Å². The van der Waals surface area contributed by atoms with Gasteiger partial charge in [0.15, 0.2) is 0 Å². The van der Waals surface area contributed by atoms with Gasteiger partial charge in [0.1, 0.15) is 0 Å². The zero-order chi connectivity index (χ0) is 20.8. The van der Waals surface area contributed by atoms with Crippen molar-refractivity contribution in [2.45, 2.75) is 25.3 Å². The minimum atomic E-state index is -0.0134. The van der Waals surface area contributed by atoms with Crippen molar-refractivity contribution in [1.82, 2.24) is 0 Å². The number of carbonyl (C=O) groups excluding carboxylic acids is 1. The normalized spacial score (nSPS) is 22.0. The average molecular weight is 523 g/mol. The summed E-state index contributed by atoms with van der Waals surface area (Å²) in [6.45, 7) is 2.04.